The van der Waals surface area contributed by atoms with Crippen LogP contribution in [0.25, 0.3) is 0 Å². The zero-order valence-corrected chi connectivity index (χ0v) is 5.75. The number of nitriles is 2. The molecule has 52 valence electrons. The summed E-state index contributed by atoms with van der Waals surface area (Å²) in [5, 5.41) is 16.6. The molecule has 0 heterocycles. The largest absolute Gasteiger partial charge is 0.306 e. The van der Waals surface area contributed by atoms with Crippen molar-refractivity contribution in [3.63, 3.8) is 0 Å². The maximum atomic E-state index is 8.40. The minimum absolute atomic E-state index is 0.390. The molecule has 0 aromatic rings. The van der Waals surface area contributed by atoms with Crippen LogP contribution in [0.3, 0.4) is 0 Å². The van der Waals surface area contributed by atoms with Crippen molar-refractivity contribution >= 4 is 0 Å². The fourth-order valence-corrected chi connectivity index (χ4v) is 0.523. The molecule has 3 nitrogen and oxygen atoms in total. The summed E-state index contributed by atoms with van der Waals surface area (Å²) in [5.74, 6) is 0. The Bertz CT molecular complexity index is 172. The highest BCUT2D eigenvalue weighted by molar-refractivity contribution is 4.84. The van der Waals surface area contributed by atoms with Crippen LogP contribution in [0.1, 0.15) is 6.42 Å². The number of nitrogens with zero attached hydrogens (tertiary/aromatic N) is 3. The predicted molar refractivity (Wildman–Crippen MR) is 37.6 cm³/mol. The summed E-state index contributed by atoms with van der Waals surface area (Å²) < 4.78 is 0. The third-order valence-electron chi connectivity index (χ3n) is 0.984. The molecule has 0 radical (unpaired) electrons. The van der Waals surface area contributed by atoms with Gasteiger partial charge in [0.2, 0.25) is 0 Å². The van der Waals surface area contributed by atoms with E-state index >= 15 is 0 Å². The Labute approximate surface area is 60.8 Å². The SMILES string of the molecule is C=CCN(C#N)CCC#N. The van der Waals surface area contributed by atoms with Crippen LogP contribution in [0, 0.1) is 22.8 Å². The highest BCUT2D eigenvalue weighted by Gasteiger charge is 1.95. The van der Waals surface area contributed by atoms with Crippen LogP contribution in [0.15, 0.2) is 12.7 Å². The van der Waals surface area contributed by atoms with Gasteiger partial charge in [-0.15, -0.1) is 6.58 Å². The quantitative estimate of drug-likeness (QED) is 0.326. The molecule has 0 bridgehead atoms. The van der Waals surface area contributed by atoms with Crippen LogP contribution in [0.2, 0.25) is 0 Å². The van der Waals surface area contributed by atoms with Crippen molar-refractivity contribution in [3.05, 3.63) is 12.7 Å². The molecule has 0 aromatic heterocycles. The molecule has 3 heteroatoms. The number of hydrogen-bond donors (Lipinski definition) is 0. The molecule has 0 atom stereocenters. The van der Waals surface area contributed by atoms with Crippen LogP contribution in [-0.2, 0) is 0 Å². The fraction of sp³-hybridized carbons (Fsp3) is 0.429. The van der Waals surface area contributed by atoms with Gasteiger partial charge in [-0.25, -0.2) is 0 Å². The second kappa shape index (κ2) is 5.65. The van der Waals surface area contributed by atoms with E-state index in [9.17, 15) is 0 Å². The van der Waals surface area contributed by atoms with E-state index < -0.39 is 0 Å². The van der Waals surface area contributed by atoms with Gasteiger partial charge in [0.15, 0.2) is 6.19 Å². The summed E-state index contributed by atoms with van der Waals surface area (Å²) in [6, 6.07) is 1.96. The van der Waals surface area contributed by atoms with Crippen LogP contribution in [0.4, 0.5) is 0 Å². The standard InChI is InChI=1S/C7H9N3/c1-2-5-10(7-9)6-3-4-8/h2H,1,3,5-6H2. The summed E-state index contributed by atoms with van der Waals surface area (Å²) in [6.07, 6.45) is 3.98. The lowest BCUT2D eigenvalue weighted by Crippen LogP contribution is -2.18. The lowest BCUT2D eigenvalue weighted by atomic mass is 10.4. The minimum Gasteiger partial charge on any atom is -0.306 e. The molecule has 0 N–H and O–H groups in total. The van der Waals surface area contributed by atoms with Gasteiger partial charge in [-0.1, -0.05) is 6.08 Å². The third kappa shape index (κ3) is 3.51. The molecular formula is C7H9N3. The van der Waals surface area contributed by atoms with E-state index in [-0.39, 0.29) is 0 Å². The Morgan fingerprint density at radius 2 is 2.20 bits per heavy atom. The Morgan fingerprint density at radius 1 is 1.50 bits per heavy atom. The molecule has 0 aliphatic heterocycles. The van der Waals surface area contributed by atoms with Gasteiger partial charge >= 0.3 is 0 Å². The zero-order valence-electron chi connectivity index (χ0n) is 5.75. The van der Waals surface area contributed by atoms with E-state index in [1.807, 2.05) is 12.3 Å². The lowest BCUT2D eigenvalue weighted by molar-refractivity contribution is 0.443. The van der Waals surface area contributed by atoms with E-state index in [1.165, 1.54) is 4.90 Å². The van der Waals surface area contributed by atoms with Gasteiger partial charge in [-0.3, -0.25) is 0 Å². The number of hydrogen-bond acceptors (Lipinski definition) is 3. The van der Waals surface area contributed by atoms with Crippen LogP contribution < -0.4 is 0 Å². The minimum atomic E-state index is 0.390. The topological polar surface area (TPSA) is 50.8 Å². The molecule has 0 amide bonds. The highest BCUT2D eigenvalue weighted by atomic mass is 15.1. The number of rotatable bonds is 4. The van der Waals surface area contributed by atoms with Crippen LogP contribution in [-0.4, -0.2) is 18.0 Å². The average Bonchev–Trinajstić information content (AvgIpc) is 1.98. The molecule has 10 heavy (non-hydrogen) atoms. The van der Waals surface area contributed by atoms with Gasteiger partial charge in [0.1, 0.15) is 0 Å². The third-order valence-corrected chi connectivity index (χ3v) is 0.984. The molecule has 0 fully saturated rings. The lowest BCUT2D eigenvalue weighted by Gasteiger charge is -2.08. The molecule has 0 saturated heterocycles. The first kappa shape index (κ1) is 8.52. The first-order valence-electron chi connectivity index (χ1n) is 2.97. The predicted octanol–water partition coefficient (Wildman–Crippen LogP) is 0.869. The van der Waals surface area contributed by atoms with Gasteiger partial charge < -0.3 is 4.90 Å². The Kier molecular flexibility index (Phi) is 4.82. The summed E-state index contributed by atoms with van der Waals surface area (Å²) in [7, 11) is 0. The van der Waals surface area contributed by atoms with Gasteiger partial charge in [-0.2, -0.15) is 10.5 Å². The first-order chi connectivity index (χ1) is 4.85. The molecule has 0 aromatic carbocycles. The van der Waals surface area contributed by atoms with Gasteiger partial charge in [0.25, 0.3) is 0 Å². The van der Waals surface area contributed by atoms with E-state index in [0.29, 0.717) is 19.5 Å². The summed E-state index contributed by atoms with van der Waals surface area (Å²) >= 11 is 0. The van der Waals surface area contributed by atoms with Crippen molar-refractivity contribution in [2.45, 2.75) is 6.42 Å². The molecule has 0 spiro atoms. The van der Waals surface area contributed by atoms with E-state index in [4.69, 9.17) is 10.5 Å². The van der Waals surface area contributed by atoms with Gasteiger partial charge in [0, 0.05) is 13.1 Å². The van der Waals surface area contributed by atoms with Crippen molar-refractivity contribution < 1.29 is 0 Å². The second-order valence-corrected chi connectivity index (χ2v) is 1.74. The van der Waals surface area contributed by atoms with Crippen molar-refractivity contribution in [1.82, 2.24) is 4.90 Å². The molecule has 0 unspecified atom stereocenters. The zero-order chi connectivity index (χ0) is 7.82. The molecular weight excluding hydrogens is 126 g/mol. The maximum absolute atomic E-state index is 8.40. The normalized spacial score (nSPS) is 7.40. The van der Waals surface area contributed by atoms with Crippen LogP contribution in [0.5, 0.6) is 0 Å². The van der Waals surface area contributed by atoms with Crippen molar-refractivity contribution in [2.75, 3.05) is 13.1 Å². The van der Waals surface area contributed by atoms with E-state index in [0.717, 1.165) is 0 Å². The molecule has 0 saturated carbocycles. The maximum Gasteiger partial charge on any atom is 0.179 e. The highest BCUT2D eigenvalue weighted by Crippen LogP contribution is 1.87. The van der Waals surface area contributed by atoms with Crippen LogP contribution >= 0.6 is 0 Å². The smallest absolute Gasteiger partial charge is 0.179 e. The first-order valence-corrected chi connectivity index (χ1v) is 2.97. The average molecular weight is 135 g/mol. The molecule has 0 rings (SSSR count). The summed E-state index contributed by atoms with van der Waals surface area (Å²) in [4.78, 5) is 1.48. The monoisotopic (exact) mass is 135 g/mol. The summed E-state index contributed by atoms with van der Waals surface area (Å²) in [6.45, 7) is 4.51. The van der Waals surface area contributed by atoms with Gasteiger partial charge in [-0.05, 0) is 0 Å². The molecule has 0 aliphatic rings. The second-order valence-electron chi connectivity index (χ2n) is 1.74. The van der Waals surface area contributed by atoms with E-state index in [1.54, 1.807) is 6.08 Å². The Balaban J connectivity index is 3.54. The Morgan fingerprint density at radius 3 is 2.60 bits per heavy atom. The fourth-order valence-electron chi connectivity index (χ4n) is 0.523. The van der Waals surface area contributed by atoms with Crippen molar-refractivity contribution in [3.8, 4) is 12.3 Å². The molecule has 0 aliphatic carbocycles. The van der Waals surface area contributed by atoms with E-state index in [2.05, 4.69) is 6.58 Å². The van der Waals surface area contributed by atoms with Crippen molar-refractivity contribution in [2.24, 2.45) is 0 Å². The van der Waals surface area contributed by atoms with Crippen molar-refractivity contribution in [1.29, 1.82) is 10.5 Å². The summed E-state index contributed by atoms with van der Waals surface area (Å²) in [5.41, 5.74) is 0. The van der Waals surface area contributed by atoms with Gasteiger partial charge in [0.05, 0.1) is 12.5 Å². The Hall–Kier alpha value is -1.48.